The van der Waals surface area contributed by atoms with Crippen molar-refractivity contribution in [3.63, 3.8) is 0 Å². The van der Waals surface area contributed by atoms with Crippen molar-refractivity contribution in [2.45, 2.75) is 31.7 Å². The van der Waals surface area contributed by atoms with Gasteiger partial charge in [-0.2, -0.15) is 0 Å². The fourth-order valence-electron chi connectivity index (χ4n) is 2.95. The normalized spacial score (nSPS) is 16.1. The minimum Gasteiger partial charge on any atom is -0.339 e. The van der Waals surface area contributed by atoms with E-state index in [1.54, 1.807) is 17.2 Å². The molecule has 21 heavy (non-hydrogen) atoms. The number of Topliss-reactive ketones (excluding diaryl/α,β-unsaturated/α-hetero) is 1. The van der Waals surface area contributed by atoms with Crippen LogP contribution in [0.15, 0.2) is 36.5 Å². The highest BCUT2D eigenvalue weighted by molar-refractivity contribution is 6.06. The number of benzene rings is 1. The van der Waals surface area contributed by atoms with Gasteiger partial charge in [-0.25, -0.2) is 0 Å². The summed E-state index contributed by atoms with van der Waals surface area (Å²) in [7, 11) is 1.83. The van der Waals surface area contributed by atoms with Crippen molar-refractivity contribution in [3.05, 3.63) is 42.1 Å². The monoisotopic (exact) mass is 282 g/mol. The van der Waals surface area contributed by atoms with Crippen molar-refractivity contribution in [1.29, 1.82) is 0 Å². The molecule has 1 fully saturated rings. The highest BCUT2D eigenvalue weighted by atomic mass is 16.2. The molecule has 1 aliphatic rings. The molecule has 0 spiro atoms. The molecule has 0 aliphatic heterocycles. The van der Waals surface area contributed by atoms with Gasteiger partial charge in [0.15, 0.2) is 0 Å². The van der Waals surface area contributed by atoms with Crippen LogP contribution in [0.3, 0.4) is 0 Å². The van der Waals surface area contributed by atoms with Gasteiger partial charge < -0.3 is 4.90 Å². The average Bonchev–Trinajstić information content (AvgIpc) is 2.53. The predicted molar refractivity (Wildman–Crippen MR) is 81.1 cm³/mol. The number of hydrogen-bond donors (Lipinski definition) is 0. The maximum atomic E-state index is 12.8. The van der Waals surface area contributed by atoms with Crippen LogP contribution >= 0.6 is 0 Å². The summed E-state index contributed by atoms with van der Waals surface area (Å²) in [4.78, 5) is 30.2. The van der Waals surface area contributed by atoms with Crippen LogP contribution in [-0.4, -0.2) is 34.7 Å². The first-order valence-electron chi connectivity index (χ1n) is 7.29. The topological polar surface area (TPSA) is 50.3 Å². The van der Waals surface area contributed by atoms with Gasteiger partial charge in [-0.15, -0.1) is 0 Å². The average molecular weight is 282 g/mol. The zero-order valence-electron chi connectivity index (χ0n) is 12.1. The first-order valence-corrected chi connectivity index (χ1v) is 7.29. The summed E-state index contributed by atoms with van der Waals surface area (Å²) in [6.45, 7) is 0. The van der Waals surface area contributed by atoms with E-state index < -0.39 is 0 Å². The van der Waals surface area contributed by atoms with E-state index in [0.29, 0.717) is 24.2 Å². The van der Waals surface area contributed by atoms with E-state index in [2.05, 4.69) is 4.98 Å². The van der Waals surface area contributed by atoms with Crippen LogP contribution in [0.2, 0.25) is 0 Å². The van der Waals surface area contributed by atoms with Crippen LogP contribution in [0.5, 0.6) is 0 Å². The van der Waals surface area contributed by atoms with E-state index in [1.165, 1.54) is 0 Å². The van der Waals surface area contributed by atoms with Crippen LogP contribution in [-0.2, 0) is 4.79 Å². The third kappa shape index (κ3) is 2.66. The molecule has 1 heterocycles. The van der Waals surface area contributed by atoms with E-state index in [-0.39, 0.29) is 11.9 Å². The summed E-state index contributed by atoms with van der Waals surface area (Å²) < 4.78 is 0. The van der Waals surface area contributed by atoms with E-state index in [0.717, 1.165) is 23.7 Å². The predicted octanol–water partition coefficient (Wildman–Crippen LogP) is 2.82. The molecule has 4 nitrogen and oxygen atoms in total. The molecule has 1 aromatic carbocycles. The number of fused-ring (bicyclic) bond motifs is 1. The van der Waals surface area contributed by atoms with Crippen LogP contribution in [0, 0.1) is 0 Å². The second-order valence-corrected chi connectivity index (χ2v) is 5.56. The van der Waals surface area contributed by atoms with Gasteiger partial charge in [0, 0.05) is 37.5 Å². The number of carbonyl (C=O) groups excluding carboxylic acids is 2. The minimum absolute atomic E-state index is 0.00736. The highest BCUT2D eigenvalue weighted by Crippen LogP contribution is 2.23. The second-order valence-electron chi connectivity index (χ2n) is 5.56. The number of nitrogens with zero attached hydrogens (tertiary/aromatic N) is 2. The minimum atomic E-state index is 0.00736. The number of rotatable bonds is 2. The molecule has 0 saturated heterocycles. The highest BCUT2D eigenvalue weighted by Gasteiger charge is 2.26. The summed E-state index contributed by atoms with van der Waals surface area (Å²) in [5.41, 5.74) is 1.51. The fourth-order valence-corrected chi connectivity index (χ4v) is 2.95. The first kappa shape index (κ1) is 13.7. The number of aromatic nitrogens is 1. The lowest BCUT2D eigenvalue weighted by atomic mass is 9.93. The van der Waals surface area contributed by atoms with Crippen LogP contribution in [0.25, 0.3) is 10.9 Å². The van der Waals surface area contributed by atoms with Gasteiger partial charge in [0.2, 0.25) is 0 Å². The maximum Gasteiger partial charge on any atom is 0.254 e. The third-order valence-corrected chi connectivity index (χ3v) is 4.26. The lowest BCUT2D eigenvalue weighted by molar-refractivity contribution is -0.121. The molecule has 4 heteroatoms. The molecule has 3 rings (SSSR count). The second kappa shape index (κ2) is 5.64. The van der Waals surface area contributed by atoms with Crippen LogP contribution < -0.4 is 0 Å². The van der Waals surface area contributed by atoms with Gasteiger partial charge in [0.25, 0.3) is 5.91 Å². The summed E-state index contributed by atoms with van der Waals surface area (Å²) in [6, 6.07) is 9.59. The van der Waals surface area contributed by atoms with E-state index >= 15 is 0 Å². The van der Waals surface area contributed by atoms with Crippen molar-refractivity contribution < 1.29 is 9.59 Å². The van der Waals surface area contributed by atoms with Gasteiger partial charge in [0.05, 0.1) is 11.1 Å². The van der Waals surface area contributed by atoms with Gasteiger partial charge in [-0.05, 0) is 25.0 Å². The third-order valence-electron chi connectivity index (χ3n) is 4.26. The van der Waals surface area contributed by atoms with E-state index in [1.807, 2.05) is 31.3 Å². The molecule has 0 atom stereocenters. The smallest absolute Gasteiger partial charge is 0.254 e. The van der Waals surface area contributed by atoms with E-state index in [4.69, 9.17) is 0 Å². The van der Waals surface area contributed by atoms with Crippen molar-refractivity contribution in [2.75, 3.05) is 7.05 Å². The van der Waals surface area contributed by atoms with Crippen molar-refractivity contribution in [2.24, 2.45) is 0 Å². The van der Waals surface area contributed by atoms with Gasteiger partial charge >= 0.3 is 0 Å². The number of amides is 1. The summed E-state index contributed by atoms with van der Waals surface area (Å²) in [5, 5.41) is 0.878. The van der Waals surface area contributed by atoms with Gasteiger partial charge in [0.1, 0.15) is 5.78 Å². The Labute approximate surface area is 123 Å². The first-order chi connectivity index (χ1) is 10.2. The van der Waals surface area contributed by atoms with Crippen LogP contribution in [0.4, 0.5) is 0 Å². The Hall–Kier alpha value is -2.23. The molecule has 2 aromatic rings. The molecule has 1 aliphatic carbocycles. The molecule has 0 N–H and O–H groups in total. The largest absolute Gasteiger partial charge is 0.339 e. The number of pyridine rings is 1. The Balaban J connectivity index is 1.88. The zero-order chi connectivity index (χ0) is 14.8. The lowest BCUT2D eigenvalue weighted by Gasteiger charge is -2.31. The Morgan fingerprint density at radius 1 is 1.19 bits per heavy atom. The Morgan fingerprint density at radius 3 is 2.67 bits per heavy atom. The number of para-hydroxylation sites is 1. The molecule has 1 amide bonds. The van der Waals surface area contributed by atoms with E-state index in [9.17, 15) is 9.59 Å². The molecule has 1 saturated carbocycles. The van der Waals surface area contributed by atoms with Gasteiger partial charge in [-0.3, -0.25) is 14.6 Å². The molecular weight excluding hydrogens is 264 g/mol. The summed E-state index contributed by atoms with van der Waals surface area (Å²) in [6.07, 6.45) is 4.38. The molecule has 108 valence electrons. The summed E-state index contributed by atoms with van der Waals surface area (Å²) in [5.74, 6) is 0.314. The van der Waals surface area contributed by atoms with Crippen molar-refractivity contribution >= 4 is 22.6 Å². The standard InChI is InChI=1S/C17H18N2O2/c1-19(12-6-8-13(20)9-7-12)17(21)15-10-11-18-16-5-3-2-4-14(15)16/h2-5,10-12H,6-9H2,1H3. The number of ketones is 1. The zero-order valence-corrected chi connectivity index (χ0v) is 12.1. The molecular formula is C17H18N2O2. The Bertz CT molecular complexity index is 681. The van der Waals surface area contributed by atoms with Crippen molar-refractivity contribution in [1.82, 2.24) is 9.88 Å². The quantitative estimate of drug-likeness (QED) is 0.851. The molecule has 0 radical (unpaired) electrons. The molecule has 1 aromatic heterocycles. The molecule has 0 unspecified atom stereocenters. The maximum absolute atomic E-state index is 12.8. The van der Waals surface area contributed by atoms with Crippen molar-refractivity contribution in [3.8, 4) is 0 Å². The van der Waals surface area contributed by atoms with Crippen LogP contribution in [0.1, 0.15) is 36.0 Å². The lowest BCUT2D eigenvalue weighted by Crippen LogP contribution is -2.39. The molecule has 0 bridgehead atoms. The number of hydrogen-bond acceptors (Lipinski definition) is 3. The Morgan fingerprint density at radius 2 is 1.90 bits per heavy atom. The fraction of sp³-hybridized carbons (Fsp3) is 0.353. The summed E-state index contributed by atoms with van der Waals surface area (Å²) >= 11 is 0. The Kier molecular flexibility index (Phi) is 3.69. The SMILES string of the molecule is CN(C(=O)c1ccnc2ccccc12)C1CCC(=O)CC1. The van der Waals surface area contributed by atoms with Gasteiger partial charge in [-0.1, -0.05) is 18.2 Å². The number of carbonyl (C=O) groups is 2.